The van der Waals surface area contributed by atoms with Gasteiger partial charge in [0.05, 0.1) is 11.6 Å². The lowest BCUT2D eigenvalue weighted by Crippen LogP contribution is -2.51. The first kappa shape index (κ1) is 20.7. The molecule has 1 aliphatic rings. The standard InChI is InChI=1S/C19H27FN4O3/c1-3-10-21-17(25)13(2)22-18(26)14-7-6-11-24(12-14)19(27)23-16-9-5-4-8-15(16)20/h4-5,8-9,13-14H,3,6-7,10-12H2,1-2H3,(H,21,25)(H,22,26)(H,23,27)/t13-,14-/m0/s1. The molecule has 1 aliphatic heterocycles. The van der Waals surface area contributed by atoms with Gasteiger partial charge in [-0.2, -0.15) is 0 Å². The van der Waals surface area contributed by atoms with Crippen molar-refractivity contribution in [1.82, 2.24) is 15.5 Å². The average Bonchev–Trinajstić information content (AvgIpc) is 2.67. The highest BCUT2D eigenvalue weighted by Gasteiger charge is 2.30. The minimum atomic E-state index is -0.633. The molecule has 0 radical (unpaired) electrons. The lowest BCUT2D eigenvalue weighted by Gasteiger charge is -2.32. The van der Waals surface area contributed by atoms with E-state index in [1.165, 1.54) is 17.0 Å². The number of carbonyl (C=O) groups excluding carboxylic acids is 3. The van der Waals surface area contributed by atoms with Gasteiger partial charge in [0.1, 0.15) is 11.9 Å². The van der Waals surface area contributed by atoms with Crippen molar-refractivity contribution < 1.29 is 18.8 Å². The first-order chi connectivity index (χ1) is 12.9. The zero-order valence-electron chi connectivity index (χ0n) is 15.8. The minimum absolute atomic E-state index is 0.107. The molecule has 1 heterocycles. The van der Waals surface area contributed by atoms with Crippen LogP contribution in [0.15, 0.2) is 24.3 Å². The van der Waals surface area contributed by atoms with E-state index in [0.29, 0.717) is 25.9 Å². The van der Waals surface area contributed by atoms with Crippen LogP contribution in [0.2, 0.25) is 0 Å². The Morgan fingerprint density at radius 2 is 2.04 bits per heavy atom. The molecule has 1 aromatic carbocycles. The summed E-state index contributed by atoms with van der Waals surface area (Å²) >= 11 is 0. The van der Waals surface area contributed by atoms with E-state index in [9.17, 15) is 18.8 Å². The van der Waals surface area contributed by atoms with Crippen LogP contribution < -0.4 is 16.0 Å². The molecule has 0 aromatic heterocycles. The predicted molar refractivity (Wildman–Crippen MR) is 101 cm³/mol. The molecule has 4 amide bonds. The fourth-order valence-corrected chi connectivity index (χ4v) is 2.93. The Balaban J connectivity index is 1.89. The van der Waals surface area contributed by atoms with Crippen LogP contribution >= 0.6 is 0 Å². The van der Waals surface area contributed by atoms with Gasteiger partial charge in [0, 0.05) is 19.6 Å². The van der Waals surface area contributed by atoms with Gasteiger partial charge in [-0.25, -0.2) is 9.18 Å². The van der Waals surface area contributed by atoms with Crippen molar-refractivity contribution in [3.63, 3.8) is 0 Å². The van der Waals surface area contributed by atoms with Crippen molar-refractivity contribution in [3.8, 4) is 0 Å². The largest absolute Gasteiger partial charge is 0.354 e. The molecule has 0 bridgehead atoms. The smallest absolute Gasteiger partial charge is 0.321 e. The van der Waals surface area contributed by atoms with E-state index in [1.807, 2.05) is 6.92 Å². The number of urea groups is 1. The monoisotopic (exact) mass is 378 g/mol. The van der Waals surface area contributed by atoms with Gasteiger partial charge in [-0.15, -0.1) is 0 Å². The Kier molecular flexibility index (Phi) is 7.57. The molecule has 2 rings (SSSR count). The number of carbonyl (C=O) groups is 3. The Morgan fingerprint density at radius 1 is 1.30 bits per heavy atom. The maximum absolute atomic E-state index is 13.7. The number of para-hydroxylation sites is 1. The van der Waals surface area contributed by atoms with E-state index in [-0.39, 0.29) is 24.0 Å². The second kappa shape index (κ2) is 9.89. The highest BCUT2D eigenvalue weighted by atomic mass is 19.1. The number of rotatable bonds is 6. The quantitative estimate of drug-likeness (QED) is 0.708. The van der Waals surface area contributed by atoms with Crippen molar-refractivity contribution in [1.29, 1.82) is 0 Å². The number of hydrogen-bond donors (Lipinski definition) is 3. The number of halogens is 1. The Labute approximate surface area is 158 Å². The number of piperidine rings is 1. The first-order valence-corrected chi connectivity index (χ1v) is 9.31. The molecule has 0 saturated carbocycles. The lowest BCUT2D eigenvalue weighted by molar-refractivity contribution is -0.131. The zero-order chi connectivity index (χ0) is 19.8. The van der Waals surface area contributed by atoms with Gasteiger partial charge in [-0.05, 0) is 38.3 Å². The molecule has 0 aliphatic carbocycles. The summed E-state index contributed by atoms with van der Waals surface area (Å²) in [6.45, 7) is 4.87. The molecule has 1 aromatic rings. The minimum Gasteiger partial charge on any atom is -0.354 e. The van der Waals surface area contributed by atoms with Crippen LogP contribution in [0, 0.1) is 11.7 Å². The molecule has 148 valence electrons. The Bertz CT molecular complexity index is 683. The SMILES string of the molecule is CCCNC(=O)[C@H](C)NC(=O)[C@H]1CCCN(C(=O)Nc2ccccc2F)C1. The second-order valence-corrected chi connectivity index (χ2v) is 6.72. The van der Waals surface area contributed by atoms with Crippen LogP contribution in [-0.2, 0) is 9.59 Å². The van der Waals surface area contributed by atoms with E-state index in [1.54, 1.807) is 19.1 Å². The summed E-state index contributed by atoms with van der Waals surface area (Å²) in [5.74, 6) is -1.39. The van der Waals surface area contributed by atoms with Gasteiger partial charge >= 0.3 is 6.03 Å². The maximum Gasteiger partial charge on any atom is 0.321 e. The summed E-state index contributed by atoms with van der Waals surface area (Å²) in [4.78, 5) is 38.2. The second-order valence-electron chi connectivity index (χ2n) is 6.72. The molecular weight excluding hydrogens is 351 g/mol. The zero-order valence-corrected chi connectivity index (χ0v) is 15.8. The van der Waals surface area contributed by atoms with Crippen LogP contribution in [0.1, 0.15) is 33.1 Å². The van der Waals surface area contributed by atoms with Gasteiger partial charge in [-0.3, -0.25) is 9.59 Å². The summed E-state index contributed by atoms with van der Waals surface area (Å²) in [7, 11) is 0. The van der Waals surface area contributed by atoms with Crippen molar-refractivity contribution in [3.05, 3.63) is 30.1 Å². The van der Waals surface area contributed by atoms with Gasteiger partial charge in [0.2, 0.25) is 11.8 Å². The highest BCUT2D eigenvalue weighted by molar-refractivity contribution is 5.91. The van der Waals surface area contributed by atoms with Crippen LogP contribution in [0.3, 0.4) is 0 Å². The number of nitrogens with zero attached hydrogens (tertiary/aromatic N) is 1. The highest BCUT2D eigenvalue weighted by Crippen LogP contribution is 2.19. The maximum atomic E-state index is 13.7. The number of likely N-dealkylation sites (tertiary alicyclic amines) is 1. The molecule has 7 nitrogen and oxygen atoms in total. The van der Waals surface area contributed by atoms with E-state index < -0.39 is 23.8 Å². The topological polar surface area (TPSA) is 90.5 Å². The summed E-state index contributed by atoms with van der Waals surface area (Å²) in [5.41, 5.74) is 0.107. The third kappa shape index (κ3) is 5.94. The molecule has 0 unspecified atom stereocenters. The van der Waals surface area contributed by atoms with Crippen LogP contribution in [0.5, 0.6) is 0 Å². The molecule has 2 atom stereocenters. The van der Waals surface area contributed by atoms with Gasteiger partial charge in [-0.1, -0.05) is 19.1 Å². The molecule has 27 heavy (non-hydrogen) atoms. The number of benzene rings is 1. The van der Waals surface area contributed by atoms with Crippen LogP contribution in [0.4, 0.5) is 14.9 Å². The number of anilines is 1. The normalized spacial score (nSPS) is 17.7. The number of amides is 4. The Morgan fingerprint density at radius 3 is 2.74 bits per heavy atom. The van der Waals surface area contributed by atoms with Gasteiger partial charge in [0.15, 0.2) is 0 Å². The van der Waals surface area contributed by atoms with Crippen LogP contribution in [-0.4, -0.2) is 48.4 Å². The summed E-state index contributed by atoms with van der Waals surface area (Å²) in [6, 6.07) is 4.86. The van der Waals surface area contributed by atoms with Crippen molar-refractivity contribution in [2.75, 3.05) is 25.0 Å². The van der Waals surface area contributed by atoms with Crippen molar-refractivity contribution >= 4 is 23.5 Å². The van der Waals surface area contributed by atoms with E-state index in [4.69, 9.17) is 0 Å². The van der Waals surface area contributed by atoms with Crippen LogP contribution in [0.25, 0.3) is 0 Å². The van der Waals surface area contributed by atoms with E-state index in [0.717, 1.165) is 6.42 Å². The molecular formula is C19H27FN4O3. The fourth-order valence-electron chi connectivity index (χ4n) is 2.93. The fraction of sp³-hybridized carbons (Fsp3) is 0.526. The van der Waals surface area contributed by atoms with Gasteiger partial charge in [0.25, 0.3) is 0 Å². The number of nitrogens with one attached hydrogen (secondary N) is 3. The third-order valence-electron chi connectivity index (χ3n) is 4.50. The summed E-state index contributed by atoms with van der Waals surface area (Å²) in [6.07, 6.45) is 2.12. The van der Waals surface area contributed by atoms with E-state index >= 15 is 0 Å². The number of hydrogen-bond acceptors (Lipinski definition) is 3. The average molecular weight is 378 g/mol. The molecule has 0 spiro atoms. The molecule has 1 saturated heterocycles. The van der Waals surface area contributed by atoms with Crippen molar-refractivity contribution in [2.24, 2.45) is 5.92 Å². The Hall–Kier alpha value is -2.64. The van der Waals surface area contributed by atoms with E-state index in [2.05, 4.69) is 16.0 Å². The molecule has 8 heteroatoms. The third-order valence-corrected chi connectivity index (χ3v) is 4.50. The summed E-state index contributed by atoms with van der Waals surface area (Å²) < 4.78 is 13.7. The first-order valence-electron chi connectivity index (χ1n) is 9.31. The summed E-state index contributed by atoms with van der Waals surface area (Å²) in [5, 5.41) is 7.98. The molecule has 1 fully saturated rings. The predicted octanol–water partition coefficient (Wildman–Crippen LogP) is 2.10. The van der Waals surface area contributed by atoms with Gasteiger partial charge < -0.3 is 20.9 Å². The molecule has 3 N–H and O–H groups in total. The van der Waals surface area contributed by atoms with Crippen molar-refractivity contribution in [2.45, 2.75) is 39.2 Å². The lowest BCUT2D eigenvalue weighted by atomic mass is 9.97.